The third kappa shape index (κ3) is 3.07. The summed E-state index contributed by atoms with van der Waals surface area (Å²) in [5.41, 5.74) is 5.39. The Kier molecular flexibility index (Phi) is 4.68. The lowest BCUT2D eigenvalue weighted by Crippen LogP contribution is -2.30. The predicted octanol–water partition coefficient (Wildman–Crippen LogP) is 4.06. The topological polar surface area (TPSA) is 82.3 Å². The van der Waals surface area contributed by atoms with Crippen molar-refractivity contribution in [3.8, 4) is 0 Å². The van der Waals surface area contributed by atoms with Crippen LogP contribution >= 0.6 is 0 Å². The number of nitrogens with one attached hydrogen (secondary N) is 2. The molecule has 0 unspecified atom stereocenters. The number of anilines is 1. The molecule has 30 heavy (non-hydrogen) atoms. The van der Waals surface area contributed by atoms with Gasteiger partial charge in [0.25, 0.3) is 11.8 Å². The number of rotatable bonds is 3. The van der Waals surface area contributed by atoms with Crippen LogP contribution in [0.1, 0.15) is 70.4 Å². The first-order valence-electron chi connectivity index (χ1n) is 10.3. The van der Waals surface area contributed by atoms with Gasteiger partial charge in [0.1, 0.15) is 0 Å². The van der Waals surface area contributed by atoms with Crippen molar-refractivity contribution in [2.24, 2.45) is 5.41 Å². The van der Waals surface area contributed by atoms with Crippen LogP contribution in [0.2, 0.25) is 0 Å². The second-order valence-corrected chi connectivity index (χ2v) is 8.82. The van der Waals surface area contributed by atoms with E-state index in [2.05, 4.69) is 10.3 Å². The first-order chi connectivity index (χ1) is 14.1. The van der Waals surface area contributed by atoms with Crippen molar-refractivity contribution in [1.29, 1.82) is 0 Å². The molecule has 2 amide bonds. The summed E-state index contributed by atoms with van der Waals surface area (Å²) in [5, 5.41) is 2.87. The van der Waals surface area contributed by atoms with Gasteiger partial charge in [-0.25, -0.2) is 0 Å². The fourth-order valence-corrected chi connectivity index (χ4v) is 4.18. The fraction of sp³-hybridized carbons (Fsp3) is 0.375. The van der Waals surface area contributed by atoms with Crippen LogP contribution in [0.5, 0.6) is 0 Å². The minimum Gasteiger partial charge on any atom is -0.358 e. The van der Waals surface area contributed by atoms with E-state index >= 15 is 0 Å². The summed E-state index contributed by atoms with van der Waals surface area (Å²) in [4.78, 5) is 43.2. The Morgan fingerprint density at radius 2 is 2.00 bits per heavy atom. The first kappa shape index (κ1) is 20.1. The second-order valence-electron chi connectivity index (χ2n) is 8.82. The molecule has 0 fully saturated rings. The van der Waals surface area contributed by atoms with E-state index < -0.39 is 0 Å². The molecule has 2 N–H and O–H groups in total. The van der Waals surface area contributed by atoms with Crippen LogP contribution in [0.25, 0.3) is 11.6 Å². The molecule has 1 aromatic heterocycles. The predicted molar refractivity (Wildman–Crippen MR) is 118 cm³/mol. The molecule has 0 atom stereocenters. The highest BCUT2D eigenvalue weighted by Crippen LogP contribution is 2.39. The molecule has 0 saturated heterocycles. The number of carbonyl (C=O) groups excluding carboxylic acids is 3. The van der Waals surface area contributed by atoms with Gasteiger partial charge in [-0.2, -0.15) is 0 Å². The zero-order valence-corrected chi connectivity index (χ0v) is 18.1. The monoisotopic (exact) mass is 405 g/mol. The number of carbonyl (C=O) groups is 3. The van der Waals surface area contributed by atoms with Crippen molar-refractivity contribution in [1.82, 2.24) is 9.88 Å². The van der Waals surface area contributed by atoms with Crippen LogP contribution in [0, 0.1) is 12.3 Å². The summed E-state index contributed by atoms with van der Waals surface area (Å²) in [6, 6.07) is 5.26. The highest BCUT2D eigenvalue weighted by molar-refractivity contribution is 6.35. The SMILES string of the molecule is CCN(C)C(=O)c1ccc2c(c1)C(=Cc1[nH]c3c(c1C)C(=O)C(C)(C)CC3)C(=O)N2. The molecular formula is C24H27N3O3. The summed E-state index contributed by atoms with van der Waals surface area (Å²) < 4.78 is 0. The second kappa shape index (κ2) is 6.97. The van der Waals surface area contributed by atoms with Gasteiger partial charge in [0.05, 0.1) is 5.57 Å². The molecule has 0 radical (unpaired) electrons. The lowest BCUT2D eigenvalue weighted by molar-refractivity contribution is -0.110. The number of nitrogens with zero attached hydrogens (tertiary/aromatic N) is 1. The number of aryl methyl sites for hydroxylation is 1. The molecule has 4 rings (SSSR count). The highest BCUT2D eigenvalue weighted by atomic mass is 16.2. The summed E-state index contributed by atoms with van der Waals surface area (Å²) in [6.45, 7) is 8.41. The van der Waals surface area contributed by atoms with Gasteiger partial charge in [-0.1, -0.05) is 13.8 Å². The van der Waals surface area contributed by atoms with Gasteiger partial charge in [0, 0.05) is 52.8 Å². The maximum atomic E-state index is 12.9. The van der Waals surface area contributed by atoms with Crippen molar-refractivity contribution in [3.05, 3.63) is 51.8 Å². The Labute approximate surface area is 176 Å². The van der Waals surface area contributed by atoms with Crippen molar-refractivity contribution in [3.63, 3.8) is 0 Å². The molecule has 156 valence electrons. The average molecular weight is 405 g/mol. The third-order valence-electron chi connectivity index (χ3n) is 6.37. The molecule has 1 aromatic carbocycles. The van der Waals surface area contributed by atoms with E-state index in [-0.39, 0.29) is 23.0 Å². The van der Waals surface area contributed by atoms with Gasteiger partial charge in [-0.3, -0.25) is 14.4 Å². The van der Waals surface area contributed by atoms with Crippen LogP contribution in [-0.4, -0.2) is 41.1 Å². The van der Waals surface area contributed by atoms with Gasteiger partial charge in [0.2, 0.25) is 0 Å². The molecule has 2 aromatic rings. The molecule has 1 aliphatic heterocycles. The maximum Gasteiger partial charge on any atom is 0.256 e. The summed E-state index contributed by atoms with van der Waals surface area (Å²) >= 11 is 0. The van der Waals surface area contributed by atoms with E-state index in [1.54, 1.807) is 36.2 Å². The van der Waals surface area contributed by atoms with Gasteiger partial charge >= 0.3 is 0 Å². The number of fused-ring (bicyclic) bond motifs is 2. The van der Waals surface area contributed by atoms with E-state index in [0.29, 0.717) is 28.9 Å². The molecule has 0 bridgehead atoms. The van der Waals surface area contributed by atoms with Gasteiger partial charge in [-0.05, 0) is 56.5 Å². The van der Waals surface area contributed by atoms with E-state index in [0.717, 1.165) is 35.4 Å². The fourth-order valence-electron chi connectivity index (χ4n) is 4.18. The standard InChI is InChI=1S/C24H27N3O3/c1-6-27(5)23(30)14-7-8-17-15(11-14)16(22(29)26-17)12-19-13(2)20-18(25-19)9-10-24(3,4)21(20)28/h7-8,11-12,25H,6,9-10H2,1-5H3,(H,26,29). The summed E-state index contributed by atoms with van der Waals surface area (Å²) in [5.74, 6) is -0.149. The summed E-state index contributed by atoms with van der Waals surface area (Å²) in [6.07, 6.45) is 3.41. The number of aromatic amines is 1. The normalized spacial score (nSPS) is 18.2. The van der Waals surface area contributed by atoms with E-state index in [4.69, 9.17) is 0 Å². The minimum absolute atomic E-state index is 0.0849. The number of benzene rings is 1. The smallest absolute Gasteiger partial charge is 0.256 e. The molecular weight excluding hydrogens is 378 g/mol. The number of aromatic nitrogens is 1. The first-order valence-corrected chi connectivity index (χ1v) is 10.3. The van der Waals surface area contributed by atoms with Gasteiger partial charge in [-0.15, -0.1) is 0 Å². The molecule has 1 aliphatic carbocycles. The number of hydrogen-bond donors (Lipinski definition) is 2. The Morgan fingerprint density at radius 3 is 2.70 bits per heavy atom. The number of amides is 2. The Morgan fingerprint density at radius 1 is 1.27 bits per heavy atom. The molecule has 0 saturated carbocycles. The van der Waals surface area contributed by atoms with Crippen molar-refractivity contribution in [2.75, 3.05) is 18.9 Å². The highest BCUT2D eigenvalue weighted by Gasteiger charge is 2.37. The third-order valence-corrected chi connectivity index (χ3v) is 6.37. The molecule has 2 heterocycles. The van der Waals surface area contributed by atoms with Gasteiger partial charge < -0.3 is 15.2 Å². The number of ketones is 1. The van der Waals surface area contributed by atoms with Crippen LogP contribution in [0.3, 0.4) is 0 Å². The molecule has 6 nitrogen and oxygen atoms in total. The average Bonchev–Trinajstić information content (AvgIpc) is 3.20. The van der Waals surface area contributed by atoms with Crippen LogP contribution in [0.4, 0.5) is 5.69 Å². The Balaban J connectivity index is 1.78. The van der Waals surface area contributed by atoms with Crippen molar-refractivity contribution >= 4 is 34.9 Å². The molecule has 6 heteroatoms. The zero-order chi connectivity index (χ0) is 21.8. The van der Waals surface area contributed by atoms with Crippen LogP contribution < -0.4 is 5.32 Å². The Bertz CT molecular complexity index is 1120. The van der Waals surface area contributed by atoms with Crippen molar-refractivity contribution < 1.29 is 14.4 Å². The lowest BCUT2D eigenvalue weighted by atomic mass is 9.74. The molecule has 0 spiro atoms. The lowest BCUT2D eigenvalue weighted by Gasteiger charge is -2.28. The van der Waals surface area contributed by atoms with Crippen molar-refractivity contribution in [2.45, 2.75) is 40.5 Å². The number of hydrogen-bond acceptors (Lipinski definition) is 3. The Hall–Kier alpha value is -3.15. The quantitative estimate of drug-likeness (QED) is 0.756. The number of H-pyrrole nitrogens is 1. The number of Topliss-reactive ketones (excluding diaryl/α,β-unsaturated/α-hetero) is 1. The zero-order valence-electron chi connectivity index (χ0n) is 18.1. The largest absolute Gasteiger partial charge is 0.358 e. The van der Waals surface area contributed by atoms with E-state index in [1.165, 1.54) is 0 Å². The minimum atomic E-state index is -0.373. The summed E-state index contributed by atoms with van der Waals surface area (Å²) in [7, 11) is 1.75. The van der Waals surface area contributed by atoms with Gasteiger partial charge in [0.15, 0.2) is 5.78 Å². The van der Waals surface area contributed by atoms with Crippen LogP contribution in [0.15, 0.2) is 18.2 Å². The van der Waals surface area contributed by atoms with E-state index in [9.17, 15) is 14.4 Å². The van der Waals surface area contributed by atoms with Crippen LogP contribution in [-0.2, 0) is 11.2 Å². The maximum absolute atomic E-state index is 12.9. The molecule has 2 aliphatic rings. The van der Waals surface area contributed by atoms with E-state index in [1.807, 2.05) is 27.7 Å².